The second kappa shape index (κ2) is 6.11. The summed E-state index contributed by atoms with van der Waals surface area (Å²) in [5.41, 5.74) is 0.162. The van der Waals surface area contributed by atoms with Crippen molar-refractivity contribution in [2.45, 2.75) is 19.4 Å². The number of nitrogens with zero attached hydrogens (tertiary/aromatic N) is 3. The second-order valence-corrected chi connectivity index (χ2v) is 5.61. The van der Waals surface area contributed by atoms with Gasteiger partial charge in [-0.1, -0.05) is 5.16 Å². The summed E-state index contributed by atoms with van der Waals surface area (Å²) in [7, 11) is 0. The van der Waals surface area contributed by atoms with Gasteiger partial charge < -0.3 is 14.4 Å². The first-order valence-corrected chi connectivity index (χ1v) is 7.23. The monoisotopic (exact) mass is 325 g/mol. The molecule has 0 bridgehead atoms. The maximum Gasteiger partial charge on any atom is 0.347 e. The van der Waals surface area contributed by atoms with E-state index >= 15 is 0 Å². The molecule has 2 aromatic heterocycles. The fraction of sp³-hybridized carbons (Fsp3) is 0.176. The van der Waals surface area contributed by atoms with Gasteiger partial charge in [0.25, 0.3) is 5.89 Å². The number of ether oxygens (including phenoxy) is 1. The molecule has 0 atom stereocenters. The highest BCUT2D eigenvalue weighted by Crippen LogP contribution is 2.25. The SMILES string of the molecule is CC(C)(Oc1ccc(-c2noc(-c3cccnc3)n2)cc1)C(=O)O. The highest BCUT2D eigenvalue weighted by molar-refractivity contribution is 5.76. The van der Waals surface area contributed by atoms with E-state index in [1.54, 1.807) is 42.7 Å². The second-order valence-electron chi connectivity index (χ2n) is 5.61. The van der Waals surface area contributed by atoms with E-state index in [9.17, 15) is 4.79 Å². The molecule has 0 saturated carbocycles. The Kier molecular flexibility index (Phi) is 3.99. The molecule has 0 aliphatic heterocycles. The summed E-state index contributed by atoms with van der Waals surface area (Å²) >= 11 is 0. The van der Waals surface area contributed by atoms with Crippen LogP contribution in [0.3, 0.4) is 0 Å². The number of rotatable bonds is 5. The average molecular weight is 325 g/mol. The maximum atomic E-state index is 11.1. The van der Waals surface area contributed by atoms with E-state index in [-0.39, 0.29) is 0 Å². The molecular formula is C17H15N3O4. The van der Waals surface area contributed by atoms with Crippen molar-refractivity contribution < 1.29 is 19.2 Å². The van der Waals surface area contributed by atoms with E-state index in [4.69, 9.17) is 14.4 Å². The summed E-state index contributed by atoms with van der Waals surface area (Å²) in [6.45, 7) is 2.98. The third-order valence-electron chi connectivity index (χ3n) is 3.34. The van der Waals surface area contributed by atoms with Gasteiger partial charge >= 0.3 is 5.97 Å². The number of aromatic nitrogens is 3. The Morgan fingerprint density at radius 1 is 1.17 bits per heavy atom. The Morgan fingerprint density at radius 3 is 2.54 bits per heavy atom. The first kappa shape index (κ1) is 15.7. The molecule has 0 aliphatic carbocycles. The number of hydrogen-bond donors (Lipinski definition) is 1. The number of benzene rings is 1. The van der Waals surface area contributed by atoms with Gasteiger partial charge in [-0.05, 0) is 50.2 Å². The Morgan fingerprint density at radius 2 is 1.92 bits per heavy atom. The smallest absolute Gasteiger partial charge is 0.347 e. The van der Waals surface area contributed by atoms with Gasteiger partial charge in [0.15, 0.2) is 5.60 Å². The molecule has 3 aromatic rings. The van der Waals surface area contributed by atoms with Crippen LogP contribution >= 0.6 is 0 Å². The molecule has 0 aliphatic rings. The van der Waals surface area contributed by atoms with Crippen molar-refractivity contribution in [3.8, 4) is 28.6 Å². The van der Waals surface area contributed by atoms with Crippen LogP contribution in [0.4, 0.5) is 0 Å². The predicted octanol–water partition coefficient (Wildman–Crippen LogP) is 3.04. The molecule has 0 radical (unpaired) electrons. The summed E-state index contributed by atoms with van der Waals surface area (Å²) in [6.07, 6.45) is 3.31. The van der Waals surface area contributed by atoms with Crippen LogP contribution in [0, 0.1) is 0 Å². The molecule has 0 spiro atoms. The number of pyridine rings is 1. The Hall–Kier alpha value is -3.22. The Bertz CT molecular complexity index is 842. The van der Waals surface area contributed by atoms with Crippen molar-refractivity contribution in [1.29, 1.82) is 0 Å². The number of carbonyl (C=O) groups is 1. The minimum Gasteiger partial charge on any atom is -0.478 e. The molecule has 7 heteroatoms. The maximum absolute atomic E-state index is 11.1. The average Bonchev–Trinajstić information content (AvgIpc) is 3.06. The van der Waals surface area contributed by atoms with Crippen LogP contribution in [0.5, 0.6) is 5.75 Å². The van der Waals surface area contributed by atoms with Crippen LogP contribution in [0.1, 0.15) is 13.8 Å². The van der Waals surface area contributed by atoms with E-state index < -0.39 is 11.6 Å². The zero-order valence-corrected chi connectivity index (χ0v) is 13.1. The summed E-state index contributed by atoms with van der Waals surface area (Å²) < 4.78 is 10.7. The molecule has 7 nitrogen and oxygen atoms in total. The lowest BCUT2D eigenvalue weighted by Crippen LogP contribution is -2.37. The minimum atomic E-state index is -1.30. The van der Waals surface area contributed by atoms with E-state index in [1.165, 1.54) is 13.8 Å². The molecular weight excluding hydrogens is 310 g/mol. The molecule has 0 unspecified atom stereocenters. The van der Waals surface area contributed by atoms with Gasteiger partial charge in [0.05, 0.1) is 5.56 Å². The summed E-state index contributed by atoms with van der Waals surface area (Å²) in [5.74, 6) is 0.219. The van der Waals surface area contributed by atoms with Crippen LogP contribution in [0.15, 0.2) is 53.3 Å². The third kappa shape index (κ3) is 3.24. The van der Waals surface area contributed by atoms with Crippen molar-refractivity contribution in [3.05, 3.63) is 48.8 Å². The predicted molar refractivity (Wildman–Crippen MR) is 85.3 cm³/mol. The van der Waals surface area contributed by atoms with E-state index in [1.807, 2.05) is 6.07 Å². The van der Waals surface area contributed by atoms with Gasteiger partial charge in [-0.2, -0.15) is 4.98 Å². The lowest BCUT2D eigenvalue weighted by Gasteiger charge is -2.21. The fourth-order valence-electron chi connectivity index (χ4n) is 1.96. The van der Waals surface area contributed by atoms with Crippen LogP contribution in [0.25, 0.3) is 22.8 Å². The first-order valence-electron chi connectivity index (χ1n) is 7.23. The van der Waals surface area contributed by atoms with Gasteiger partial charge in [-0.3, -0.25) is 4.98 Å². The molecule has 3 rings (SSSR count). The highest BCUT2D eigenvalue weighted by Gasteiger charge is 2.29. The number of hydrogen-bond acceptors (Lipinski definition) is 6. The number of aliphatic carboxylic acids is 1. The molecule has 2 heterocycles. The first-order chi connectivity index (χ1) is 11.5. The quantitative estimate of drug-likeness (QED) is 0.769. The number of carboxylic acid groups (broad SMARTS) is 1. The largest absolute Gasteiger partial charge is 0.478 e. The van der Waals surface area contributed by atoms with Crippen molar-refractivity contribution in [3.63, 3.8) is 0 Å². The molecule has 1 aromatic carbocycles. The molecule has 0 amide bonds. The lowest BCUT2D eigenvalue weighted by molar-refractivity contribution is -0.152. The van der Waals surface area contributed by atoms with Gasteiger partial charge in [-0.15, -0.1) is 0 Å². The zero-order chi connectivity index (χ0) is 17.2. The van der Waals surface area contributed by atoms with Gasteiger partial charge in [0.1, 0.15) is 5.75 Å². The van der Waals surface area contributed by atoms with E-state index in [2.05, 4.69) is 15.1 Å². The fourth-order valence-corrected chi connectivity index (χ4v) is 1.96. The third-order valence-corrected chi connectivity index (χ3v) is 3.34. The summed E-state index contributed by atoms with van der Waals surface area (Å²) in [4.78, 5) is 19.4. The molecule has 122 valence electrons. The van der Waals surface area contributed by atoms with E-state index in [0.717, 1.165) is 11.1 Å². The Labute approximate surface area is 137 Å². The molecule has 0 saturated heterocycles. The van der Waals surface area contributed by atoms with Crippen LogP contribution in [0.2, 0.25) is 0 Å². The summed E-state index contributed by atoms with van der Waals surface area (Å²) in [5, 5.41) is 13.0. The summed E-state index contributed by atoms with van der Waals surface area (Å²) in [6, 6.07) is 10.4. The highest BCUT2D eigenvalue weighted by atomic mass is 16.5. The topological polar surface area (TPSA) is 98.3 Å². The van der Waals surface area contributed by atoms with Crippen LogP contribution in [-0.2, 0) is 4.79 Å². The molecule has 0 fully saturated rings. The van der Waals surface area contributed by atoms with Crippen molar-refractivity contribution >= 4 is 5.97 Å². The lowest BCUT2D eigenvalue weighted by atomic mass is 10.1. The zero-order valence-electron chi connectivity index (χ0n) is 13.1. The van der Waals surface area contributed by atoms with Gasteiger partial charge in [0.2, 0.25) is 5.82 Å². The molecule has 24 heavy (non-hydrogen) atoms. The van der Waals surface area contributed by atoms with Crippen molar-refractivity contribution in [1.82, 2.24) is 15.1 Å². The van der Waals surface area contributed by atoms with E-state index in [0.29, 0.717) is 17.5 Å². The van der Waals surface area contributed by atoms with Crippen molar-refractivity contribution in [2.75, 3.05) is 0 Å². The number of carboxylic acids is 1. The minimum absolute atomic E-state index is 0.380. The Balaban J connectivity index is 1.79. The van der Waals surface area contributed by atoms with Crippen LogP contribution in [-0.4, -0.2) is 31.8 Å². The van der Waals surface area contributed by atoms with Gasteiger partial charge in [0, 0.05) is 18.0 Å². The normalized spacial score (nSPS) is 11.2. The standard InChI is InChI=1S/C17H15N3O4/c1-17(2,16(21)22)23-13-7-5-11(6-8-13)14-19-15(24-20-14)12-4-3-9-18-10-12/h3-10H,1-2H3,(H,21,22). The van der Waals surface area contributed by atoms with Gasteiger partial charge in [-0.25, -0.2) is 4.79 Å². The molecule has 1 N–H and O–H groups in total. The van der Waals surface area contributed by atoms with Crippen molar-refractivity contribution in [2.24, 2.45) is 0 Å². The van der Waals surface area contributed by atoms with Crippen LogP contribution < -0.4 is 4.74 Å².